The summed E-state index contributed by atoms with van der Waals surface area (Å²) >= 11 is 5.73. The molecule has 6 nitrogen and oxygen atoms in total. The molecule has 1 aromatic carbocycles. The molecule has 2 aromatic rings. The molecule has 108 valence electrons. The maximum Gasteiger partial charge on any atom is 0.300 e. The highest BCUT2D eigenvalue weighted by Gasteiger charge is 2.24. The van der Waals surface area contributed by atoms with Gasteiger partial charge in [-0.25, -0.2) is 4.98 Å². The van der Waals surface area contributed by atoms with Crippen molar-refractivity contribution in [3.05, 3.63) is 62.9 Å². The number of pyridine rings is 1. The van der Waals surface area contributed by atoms with Crippen molar-refractivity contribution >= 4 is 28.9 Å². The Kier molecular flexibility index (Phi) is 4.18. The van der Waals surface area contributed by atoms with Crippen molar-refractivity contribution in [3.8, 4) is 0 Å². The number of aromatic nitrogens is 1. The van der Waals surface area contributed by atoms with Gasteiger partial charge in [0.05, 0.1) is 4.92 Å². The Morgan fingerprint density at radius 1 is 1.33 bits per heavy atom. The van der Waals surface area contributed by atoms with E-state index in [0.29, 0.717) is 5.69 Å². The van der Waals surface area contributed by atoms with Crippen LogP contribution >= 0.6 is 11.6 Å². The molecule has 0 saturated heterocycles. The zero-order chi connectivity index (χ0) is 15.6. The molecule has 0 unspecified atom stereocenters. The number of rotatable bonds is 3. The van der Waals surface area contributed by atoms with E-state index in [1.54, 1.807) is 19.2 Å². The van der Waals surface area contributed by atoms with Crippen molar-refractivity contribution < 1.29 is 9.72 Å². The van der Waals surface area contributed by atoms with E-state index in [9.17, 15) is 14.9 Å². The highest BCUT2D eigenvalue weighted by atomic mass is 35.5. The van der Waals surface area contributed by atoms with E-state index in [4.69, 9.17) is 11.6 Å². The van der Waals surface area contributed by atoms with Gasteiger partial charge in [-0.15, -0.1) is 0 Å². The van der Waals surface area contributed by atoms with Crippen molar-refractivity contribution in [2.75, 3.05) is 11.9 Å². The number of anilines is 1. The molecule has 0 saturated carbocycles. The predicted molar refractivity (Wildman–Crippen MR) is 79.8 cm³/mol. The van der Waals surface area contributed by atoms with Gasteiger partial charge in [-0.2, -0.15) is 0 Å². The van der Waals surface area contributed by atoms with Gasteiger partial charge in [0.2, 0.25) is 0 Å². The first-order chi connectivity index (χ1) is 9.90. The lowest BCUT2D eigenvalue weighted by Crippen LogP contribution is -2.27. The number of halogens is 1. The first kappa shape index (κ1) is 14.9. The van der Waals surface area contributed by atoms with Gasteiger partial charge >= 0.3 is 0 Å². The van der Waals surface area contributed by atoms with Gasteiger partial charge in [-0.3, -0.25) is 14.9 Å². The van der Waals surface area contributed by atoms with Gasteiger partial charge in [-0.05, 0) is 25.1 Å². The van der Waals surface area contributed by atoms with Crippen LogP contribution in [0.2, 0.25) is 5.15 Å². The molecule has 1 amide bonds. The molecule has 7 heteroatoms. The predicted octanol–water partition coefficient (Wildman–Crippen LogP) is 3.23. The third-order valence-electron chi connectivity index (χ3n) is 3.00. The molecule has 0 spiro atoms. The Bertz CT molecular complexity index is 701. The summed E-state index contributed by atoms with van der Waals surface area (Å²) in [5.41, 5.74) is 1.22. The second-order valence-electron chi connectivity index (χ2n) is 4.48. The van der Waals surface area contributed by atoms with E-state index < -0.39 is 10.8 Å². The van der Waals surface area contributed by atoms with Crippen LogP contribution in [0.5, 0.6) is 0 Å². The summed E-state index contributed by atoms with van der Waals surface area (Å²) in [5, 5.41) is 11.0. The fourth-order valence-corrected chi connectivity index (χ4v) is 1.96. The van der Waals surface area contributed by atoms with Crippen LogP contribution in [0, 0.1) is 17.0 Å². The van der Waals surface area contributed by atoms with Crippen molar-refractivity contribution in [2.24, 2.45) is 0 Å². The second-order valence-corrected chi connectivity index (χ2v) is 4.87. The molecule has 0 N–H and O–H groups in total. The van der Waals surface area contributed by atoms with E-state index in [1.807, 2.05) is 19.1 Å². The number of nitro groups is 1. The highest BCUT2D eigenvalue weighted by Crippen LogP contribution is 2.24. The third kappa shape index (κ3) is 3.17. The van der Waals surface area contributed by atoms with E-state index in [1.165, 1.54) is 11.0 Å². The molecule has 21 heavy (non-hydrogen) atoms. The SMILES string of the molecule is Cc1ccc(N(C)C(=O)c2cc(Cl)ncc2[N+](=O)[O-])cc1. The molecule has 0 atom stereocenters. The molecule has 0 bridgehead atoms. The Morgan fingerprint density at radius 3 is 2.52 bits per heavy atom. The van der Waals surface area contributed by atoms with Gasteiger partial charge in [0.25, 0.3) is 11.6 Å². The van der Waals surface area contributed by atoms with Crippen LogP contribution in [-0.2, 0) is 0 Å². The minimum absolute atomic E-state index is 0.0289. The molecule has 2 rings (SSSR count). The highest BCUT2D eigenvalue weighted by molar-refractivity contribution is 6.30. The number of nitrogens with zero attached hydrogens (tertiary/aromatic N) is 3. The fraction of sp³-hybridized carbons (Fsp3) is 0.143. The van der Waals surface area contributed by atoms with Crippen molar-refractivity contribution in [1.82, 2.24) is 4.98 Å². The van der Waals surface area contributed by atoms with Gasteiger partial charge in [-0.1, -0.05) is 29.3 Å². The number of carbonyl (C=O) groups excluding carboxylic acids is 1. The summed E-state index contributed by atoms with van der Waals surface area (Å²) in [7, 11) is 1.55. The van der Waals surface area contributed by atoms with Crippen molar-refractivity contribution in [1.29, 1.82) is 0 Å². The van der Waals surface area contributed by atoms with Gasteiger partial charge in [0.15, 0.2) is 0 Å². The van der Waals surface area contributed by atoms with Crippen LogP contribution in [0.3, 0.4) is 0 Å². The molecular weight excluding hydrogens is 294 g/mol. The average Bonchev–Trinajstić information content (AvgIpc) is 2.46. The number of benzene rings is 1. The average molecular weight is 306 g/mol. The molecule has 1 aromatic heterocycles. The Morgan fingerprint density at radius 2 is 1.95 bits per heavy atom. The van der Waals surface area contributed by atoms with Crippen LogP contribution in [0.1, 0.15) is 15.9 Å². The van der Waals surface area contributed by atoms with Crippen LogP contribution in [-0.4, -0.2) is 22.9 Å². The minimum Gasteiger partial charge on any atom is -0.311 e. The Labute approximate surface area is 126 Å². The maximum absolute atomic E-state index is 12.4. The lowest BCUT2D eigenvalue weighted by molar-refractivity contribution is -0.385. The normalized spacial score (nSPS) is 10.2. The van der Waals surface area contributed by atoms with E-state index >= 15 is 0 Å². The fourth-order valence-electron chi connectivity index (χ4n) is 1.81. The largest absolute Gasteiger partial charge is 0.311 e. The number of hydrogen-bond acceptors (Lipinski definition) is 4. The molecular formula is C14H12ClN3O3. The first-order valence-electron chi connectivity index (χ1n) is 6.05. The van der Waals surface area contributed by atoms with Gasteiger partial charge < -0.3 is 4.90 Å². The Balaban J connectivity index is 2.41. The Hall–Kier alpha value is -2.47. The third-order valence-corrected chi connectivity index (χ3v) is 3.21. The molecule has 0 fully saturated rings. The summed E-state index contributed by atoms with van der Waals surface area (Å²) in [6, 6.07) is 8.44. The van der Waals surface area contributed by atoms with Crippen LogP contribution in [0.25, 0.3) is 0 Å². The standard InChI is InChI=1S/C14H12ClN3O3/c1-9-3-5-10(6-4-9)17(2)14(19)11-7-13(15)16-8-12(11)18(20)21/h3-8H,1-2H3. The molecule has 1 heterocycles. The van der Waals surface area contributed by atoms with Crippen molar-refractivity contribution in [3.63, 3.8) is 0 Å². The summed E-state index contributed by atoms with van der Waals surface area (Å²) in [5.74, 6) is -0.519. The smallest absolute Gasteiger partial charge is 0.300 e. The molecule has 0 aliphatic carbocycles. The second kappa shape index (κ2) is 5.88. The van der Waals surface area contributed by atoms with Crippen molar-refractivity contribution in [2.45, 2.75) is 6.92 Å². The lowest BCUT2D eigenvalue weighted by atomic mass is 10.1. The zero-order valence-electron chi connectivity index (χ0n) is 11.4. The quantitative estimate of drug-likeness (QED) is 0.495. The number of hydrogen-bond donors (Lipinski definition) is 0. The molecule has 0 aliphatic heterocycles. The van der Waals surface area contributed by atoms with Crippen LogP contribution < -0.4 is 4.90 Å². The minimum atomic E-state index is -0.653. The van der Waals surface area contributed by atoms with Crippen LogP contribution in [0.15, 0.2) is 36.5 Å². The number of aryl methyl sites for hydroxylation is 1. The number of amides is 1. The number of carbonyl (C=O) groups is 1. The van der Waals surface area contributed by atoms with Crippen LogP contribution in [0.4, 0.5) is 11.4 Å². The summed E-state index contributed by atoms with van der Waals surface area (Å²) < 4.78 is 0. The topological polar surface area (TPSA) is 76.3 Å². The molecule has 0 aliphatic rings. The summed E-state index contributed by atoms with van der Waals surface area (Å²) in [6.07, 6.45) is 0.985. The first-order valence-corrected chi connectivity index (χ1v) is 6.42. The zero-order valence-corrected chi connectivity index (χ0v) is 12.2. The molecule has 0 radical (unpaired) electrons. The van der Waals surface area contributed by atoms with Gasteiger partial charge in [0, 0.05) is 12.7 Å². The lowest BCUT2D eigenvalue weighted by Gasteiger charge is -2.17. The van der Waals surface area contributed by atoms with Gasteiger partial charge in [0.1, 0.15) is 16.9 Å². The van der Waals surface area contributed by atoms with E-state index in [2.05, 4.69) is 4.98 Å². The van der Waals surface area contributed by atoms with E-state index in [-0.39, 0.29) is 16.4 Å². The van der Waals surface area contributed by atoms with E-state index in [0.717, 1.165) is 11.8 Å². The monoisotopic (exact) mass is 305 g/mol. The summed E-state index contributed by atoms with van der Waals surface area (Å²) in [6.45, 7) is 1.93. The summed E-state index contributed by atoms with van der Waals surface area (Å²) in [4.78, 5) is 27.8. The maximum atomic E-state index is 12.4.